The summed E-state index contributed by atoms with van der Waals surface area (Å²) in [4.78, 5) is 17.2. The number of nitrogens with one attached hydrogen (secondary N) is 1. The van der Waals surface area contributed by atoms with Gasteiger partial charge >= 0.3 is 0 Å². The highest BCUT2D eigenvalue weighted by atomic mass is 79.9. The summed E-state index contributed by atoms with van der Waals surface area (Å²) in [5, 5.41) is 3.00. The molecule has 27 heavy (non-hydrogen) atoms. The fraction of sp³-hybridized carbons (Fsp3) is 0.381. The van der Waals surface area contributed by atoms with Crippen molar-refractivity contribution in [3.63, 3.8) is 0 Å². The maximum atomic E-state index is 12.6. The minimum atomic E-state index is -0.169. The maximum Gasteiger partial charge on any atom is 0.241 e. The predicted octanol–water partition coefficient (Wildman–Crippen LogP) is 4.00. The number of carbonyl (C=O) groups excluding carboxylic acids is 1. The summed E-state index contributed by atoms with van der Waals surface area (Å²) >= 11 is 3.41. The van der Waals surface area contributed by atoms with Gasteiger partial charge in [-0.05, 0) is 50.2 Å². The van der Waals surface area contributed by atoms with E-state index in [-0.39, 0.29) is 11.9 Å². The van der Waals surface area contributed by atoms with E-state index in [0.717, 1.165) is 47.8 Å². The Labute approximate surface area is 169 Å². The van der Waals surface area contributed by atoms with E-state index in [1.54, 1.807) is 0 Å². The van der Waals surface area contributed by atoms with Crippen molar-refractivity contribution >= 4 is 33.2 Å². The van der Waals surface area contributed by atoms with Gasteiger partial charge in [0.2, 0.25) is 5.91 Å². The molecule has 144 valence electrons. The number of ether oxygens (including phenoxy) is 1. The number of nitrogens with zero attached hydrogens (tertiary/aromatic N) is 2. The molecule has 0 unspecified atom stereocenters. The lowest BCUT2D eigenvalue weighted by molar-refractivity contribution is -0.120. The second kappa shape index (κ2) is 9.24. The van der Waals surface area contributed by atoms with Gasteiger partial charge in [-0.2, -0.15) is 0 Å². The van der Waals surface area contributed by atoms with Crippen molar-refractivity contribution in [2.45, 2.75) is 19.9 Å². The van der Waals surface area contributed by atoms with E-state index < -0.39 is 0 Å². The summed E-state index contributed by atoms with van der Waals surface area (Å²) in [7, 11) is 0. The summed E-state index contributed by atoms with van der Waals surface area (Å²) in [5.41, 5.74) is 1.95. The van der Waals surface area contributed by atoms with Crippen molar-refractivity contribution in [2.75, 3.05) is 43.0 Å². The molecule has 1 atom stereocenters. The fourth-order valence-corrected chi connectivity index (χ4v) is 3.56. The molecule has 6 heteroatoms. The minimum absolute atomic E-state index is 0.0282. The third-order valence-corrected chi connectivity index (χ3v) is 5.39. The van der Waals surface area contributed by atoms with E-state index in [9.17, 15) is 4.79 Å². The lowest BCUT2D eigenvalue weighted by Crippen LogP contribution is -2.52. The second-order valence-corrected chi connectivity index (χ2v) is 7.51. The number of benzene rings is 2. The summed E-state index contributed by atoms with van der Waals surface area (Å²) in [5.74, 6) is 0.954. The van der Waals surface area contributed by atoms with Crippen molar-refractivity contribution < 1.29 is 9.53 Å². The number of rotatable bonds is 6. The number of hydrogen-bond acceptors (Lipinski definition) is 4. The Balaban J connectivity index is 1.57. The van der Waals surface area contributed by atoms with E-state index in [4.69, 9.17) is 4.74 Å². The Hall–Kier alpha value is -2.05. The van der Waals surface area contributed by atoms with Gasteiger partial charge in [-0.3, -0.25) is 9.69 Å². The highest BCUT2D eigenvalue weighted by Crippen LogP contribution is 2.29. The van der Waals surface area contributed by atoms with Crippen molar-refractivity contribution in [3.8, 4) is 5.75 Å². The van der Waals surface area contributed by atoms with Crippen LogP contribution in [0.4, 0.5) is 11.4 Å². The molecule has 2 aromatic rings. The van der Waals surface area contributed by atoms with E-state index in [2.05, 4.69) is 37.1 Å². The number of amides is 1. The first-order valence-electron chi connectivity index (χ1n) is 9.35. The molecule has 0 bridgehead atoms. The molecule has 1 fully saturated rings. The molecule has 1 aliphatic rings. The molecular weight excluding hydrogens is 406 g/mol. The van der Waals surface area contributed by atoms with Gasteiger partial charge in [-0.1, -0.05) is 28.1 Å². The van der Waals surface area contributed by atoms with Crippen LogP contribution in [0.1, 0.15) is 13.8 Å². The van der Waals surface area contributed by atoms with E-state index in [1.807, 2.05) is 56.3 Å². The van der Waals surface area contributed by atoms with Crippen molar-refractivity contribution in [3.05, 3.63) is 53.0 Å². The Morgan fingerprint density at radius 1 is 1.11 bits per heavy atom. The highest BCUT2D eigenvalue weighted by Gasteiger charge is 2.26. The van der Waals surface area contributed by atoms with Gasteiger partial charge in [-0.15, -0.1) is 0 Å². The molecule has 0 spiro atoms. The van der Waals surface area contributed by atoms with Gasteiger partial charge in [0, 0.05) is 36.3 Å². The molecule has 2 aromatic carbocycles. The van der Waals surface area contributed by atoms with Gasteiger partial charge in [0.25, 0.3) is 0 Å². The van der Waals surface area contributed by atoms with Gasteiger partial charge in [0.15, 0.2) is 0 Å². The summed E-state index contributed by atoms with van der Waals surface area (Å²) in [6, 6.07) is 15.6. The van der Waals surface area contributed by atoms with Gasteiger partial charge in [0.05, 0.1) is 18.3 Å². The normalized spacial score (nSPS) is 16.0. The number of halogens is 1. The van der Waals surface area contributed by atoms with Crippen LogP contribution in [0.15, 0.2) is 53.0 Å². The summed E-state index contributed by atoms with van der Waals surface area (Å²) in [6.45, 7) is 8.06. The topological polar surface area (TPSA) is 44.8 Å². The molecule has 3 rings (SSSR count). The zero-order valence-electron chi connectivity index (χ0n) is 15.8. The number of hydrogen-bond donors (Lipinski definition) is 1. The monoisotopic (exact) mass is 431 g/mol. The molecule has 1 amide bonds. The summed E-state index contributed by atoms with van der Waals surface area (Å²) < 4.78 is 6.75. The second-order valence-electron chi connectivity index (χ2n) is 6.60. The number of piperazine rings is 1. The molecule has 0 radical (unpaired) electrons. The molecule has 1 saturated heterocycles. The molecule has 5 nitrogen and oxygen atoms in total. The quantitative estimate of drug-likeness (QED) is 0.750. The minimum Gasteiger partial charge on any atom is -0.492 e. The number of carbonyl (C=O) groups is 1. The third-order valence-electron chi connectivity index (χ3n) is 4.86. The molecule has 0 saturated carbocycles. The lowest BCUT2D eigenvalue weighted by atomic mass is 10.2. The van der Waals surface area contributed by atoms with Gasteiger partial charge in [0.1, 0.15) is 5.75 Å². The van der Waals surface area contributed by atoms with Crippen LogP contribution in [0.3, 0.4) is 0 Å². The standard InChI is InChI=1S/C21H26BrN3O2/c1-3-27-20-7-5-4-6-19(20)25-14-12-24(13-15-25)16(2)21(26)23-18-10-8-17(22)9-11-18/h4-11,16H,3,12-15H2,1-2H3,(H,23,26)/t16-/m1/s1. The van der Waals surface area contributed by atoms with Gasteiger partial charge < -0.3 is 15.0 Å². The summed E-state index contributed by atoms with van der Waals surface area (Å²) in [6.07, 6.45) is 0. The number of para-hydroxylation sites is 2. The molecule has 0 aromatic heterocycles. The van der Waals surface area contributed by atoms with Crippen LogP contribution in [0.25, 0.3) is 0 Å². The Kier molecular flexibility index (Phi) is 6.74. The predicted molar refractivity (Wildman–Crippen MR) is 114 cm³/mol. The Bertz CT molecular complexity index is 758. The van der Waals surface area contributed by atoms with Crippen LogP contribution in [0.5, 0.6) is 5.75 Å². The Morgan fingerprint density at radius 3 is 2.44 bits per heavy atom. The SMILES string of the molecule is CCOc1ccccc1N1CCN([C@H](C)C(=O)Nc2ccc(Br)cc2)CC1. The average Bonchev–Trinajstić information content (AvgIpc) is 2.70. The molecule has 1 N–H and O–H groups in total. The highest BCUT2D eigenvalue weighted by molar-refractivity contribution is 9.10. The first-order chi connectivity index (χ1) is 13.1. The maximum absolute atomic E-state index is 12.6. The first kappa shape index (κ1) is 19.7. The zero-order valence-corrected chi connectivity index (χ0v) is 17.4. The van der Waals surface area contributed by atoms with Crippen molar-refractivity contribution in [1.82, 2.24) is 4.90 Å². The van der Waals surface area contributed by atoms with Crippen LogP contribution in [-0.2, 0) is 4.79 Å². The van der Waals surface area contributed by atoms with Crippen LogP contribution in [0, 0.1) is 0 Å². The van der Waals surface area contributed by atoms with Crippen molar-refractivity contribution in [2.24, 2.45) is 0 Å². The van der Waals surface area contributed by atoms with E-state index in [0.29, 0.717) is 6.61 Å². The molecule has 1 heterocycles. The van der Waals surface area contributed by atoms with Gasteiger partial charge in [-0.25, -0.2) is 0 Å². The van der Waals surface area contributed by atoms with Crippen molar-refractivity contribution in [1.29, 1.82) is 0 Å². The number of anilines is 2. The first-order valence-corrected chi connectivity index (χ1v) is 10.1. The zero-order chi connectivity index (χ0) is 19.2. The third kappa shape index (κ3) is 5.02. The largest absolute Gasteiger partial charge is 0.492 e. The van der Waals surface area contributed by atoms with E-state index in [1.165, 1.54) is 0 Å². The molecular formula is C21H26BrN3O2. The molecule has 1 aliphatic heterocycles. The van der Waals surface area contributed by atoms with E-state index >= 15 is 0 Å². The van der Waals surface area contributed by atoms with Crippen LogP contribution < -0.4 is 15.0 Å². The van der Waals surface area contributed by atoms with Crippen LogP contribution in [-0.4, -0.2) is 49.6 Å². The lowest BCUT2D eigenvalue weighted by Gasteiger charge is -2.39. The molecule has 0 aliphatic carbocycles. The van der Waals surface area contributed by atoms with Crippen LogP contribution >= 0.6 is 15.9 Å². The Morgan fingerprint density at radius 2 is 1.78 bits per heavy atom. The smallest absolute Gasteiger partial charge is 0.241 e. The fourth-order valence-electron chi connectivity index (χ4n) is 3.29. The van der Waals surface area contributed by atoms with Crippen LogP contribution in [0.2, 0.25) is 0 Å². The average molecular weight is 432 g/mol.